The highest BCUT2D eigenvalue weighted by atomic mass is 35.5. The minimum Gasteiger partial charge on any atom is -0.507 e. The fraction of sp³-hybridized carbons (Fsp3) is 0.267. The fourth-order valence-corrected chi connectivity index (χ4v) is 4.74. The normalized spacial score (nSPS) is 16.4. The van der Waals surface area contributed by atoms with Gasteiger partial charge in [-0.1, -0.05) is 36.7 Å². The van der Waals surface area contributed by atoms with Crippen LogP contribution in [0.2, 0.25) is 5.02 Å². The standard InChI is InChI=1S/C30H31ClN2O6/c1-6-14-39-21-9-7-8-20(15-21)33-27(18-10-12-19(13-11-18)32(2)3)26(29(35)30(33)36)28(34)22-16-23(31)25(38-5)17-24(22)37-4/h7-13,15-17,27,34H,6,14H2,1-5H3/b28-26+. The fourth-order valence-electron chi connectivity index (χ4n) is 4.50. The van der Waals surface area contributed by atoms with Gasteiger partial charge in [0.05, 0.1) is 43.0 Å². The van der Waals surface area contributed by atoms with Crippen LogP contribution in [0.25, 0.3) is 5.76 Å². The summed E-state index contributed by atoms with van der Waals surface area (Å²) in [6.07, 6.45) is 0.819. The van der Waals surface area contributed by atoms with Crippen LogP contribution >= 0.6 is 11.6 Å². The third-order valence-electron chi connectivity index (χ3n) is 6.47. The van der Waals surface area contributed by atoms with Gasteiger partial charge in [0.2, 0.25) is 0 Å². The Morgan fingerprint density at radius 1 is 1.00 bits per heavy atom. The zero-order valence-electron chi connectivity index (χ0n) is 22.5. The van der Waals surface area contributed by atoms with Crippen LogP contribution in [0.15, 0.2) is 66.2 Å². The number of aliphatic hydroxyl groups is 1. The first-order valence-electron chi connectivity index (χ1n) is 12.4. The molecule has 1 fully saturated rings. The van der Waals surface area contributed by atoms with Gasteiger partial charge in [-0.05, 0) is 42.3 Å². The van der Waals surface area contributed by atoms with Crippen molar-refractivity contribution in [2.45, 2.75) is 19.4 Å². The monoisotopic (exact) mass is 550 g/mol. The molecular formula is C30H31ClN2O6. The number of carbonyl (C=O) groups is 2. The molecule has 3 aromatic rings. The number of ketones is 1. The number of hydrogen-bond acceptors (Lipinski definition) is 7. The smallest absolute Gasteiger partial charge is 0.300 e. The van der Waals surface area contributed by atoms with Crippen molar-refractivity contribution in [3.8, 4) is 17.2 Å². The number of Topliss-reactive ketones (excluding diaryl/α,β-unsaturated/α-hetero) is 1. The van der Waals surface area contributed by atoms with E-state index in [9.17, 15) is 14.7 Å². The first-order chi connectivity index (χ1) is 18.7. The van der Waals surface area contributed by atoms with Crippen LogP contribution in [-0.4, -0.2) is 51.7 Å². The molecule has 9 heteroatoms. The van der Waals surface area contributed by atoms with Crippen LogP contribution in [0.1, 0.15) is 30.5 Å². The number of carbonyl (C=O) groups excluding carboxylic acids is 2. The summed E-state index contributed by atoms with van der Waals surface area (Å²) >= 11 is 6.36. The molecule has 0 radical (unpaired) electrons. The van der Waals surface area contributed by atoms with Gasteiger partial charge in [-0.25, -0.2) is 0 Å². The SMILES string of the molecule is CCCOc1cccc(N2C(=O)C(=O)/C(=C(/O)c3cc(Cl)c(OC)cc3OC)C2c2ccc(N(C)C)cc2)c1. The lowest BCUT2D eigenvalue weighted by Crippen LogP contribution is -2.29. The second-order valence-electron chi connectivity index (χ2n) is 9.19. The first kappa shape index (κ1) is 27.9. The quantitative estimate of drug-likeness (QED) is 0.203. The number of ether oxygens (including phenoxy) is 3. The zero-order chi connectivity index (χ0) is 28.3. The Kier molecular flexibility index (Phi) is 8.35. The summed E-state index contributed by atoms with van der Waals surface area (Å²) in [6, 6.07) is 16.5. The van der Waals surface area contributed by atoms with Gasteiger partial charge in [-0.15, -0.1) is 0 Å². The molecule has 3 aromatic carbocycles. The number of hydrogen-bond donors (Lipinski definition) is 1. The molecule has 0 spiro atoms. The lowest BCUT2D eigenvalue weighted by atomic mass is 9.94. The molecule has 1 aliphatic heterocycles. The predicted octanol–water partition coefficient (Wildman–Crippen LogP) is 5.84. The Hall–Kier alpha value is -4.17. The van der Waals surface area contributed by atoms with Crippen LogP contribution in [0.3, 0.4) is 0 Å². The Morgan fingerprint density at radius 3 is 2.31 bits per heavy atom. The summed E-state index contributed by atoms with van der Waals surface area (Å²) in [6.45, 7) is 2.51. The van der Waals surface area contributed by atoms with Crippen LogP contribution in [0, 0.1) is 0 Å². The number of halogens is 1. The van der Waals surface area contributed by atoms with Gasteiger partial charge in [0.1, 0.15) is 23.0 Å². The molecule has 0 saturated carbocycles. The van der Waals surface area contributed by atoms with E-state index in [0.717, 1.165) is 12.1 Å². The van der Waals surface area contributed by atoms with Crippen molar-refractivity contribution >= 4 is 40.4 Å². The van der Waals surface area contributed by atoms with E-state index in [0.29, 0.717) is 29.4 Å². The van der Waals surface area contributed by atoms with Gasteiger partial charge in [0.25, 0.3) is 11.7 Å². The summed E-state index contributed by atoms with van der Waals surface area (Å²) in [7, 11) is 6.73. The molecule has 39 heavy (non-hydrogen) atoms. The number of nitrogens with zero attached hydrogens (tertiary/aromatic N) is 2. The van der Waals surface area contributed by atoms with Crippen molar-refractivity contribution in [3.63, 3.8) is 0 Å². The number of amides is 1. The van der Waals surface area contributed by atoms with E-state index in [1.807, 2.05) is 50.2 Å². The van der Waals surface area contributed by atoms with Crippen molar-refractivity contribution in [1.29, 1.82) is 0 Å². The van der Waals surface area contributed by atoms with Gasteiger partial charge in [-0.3, -0.25) is 14.5 Å². The van der Waals surface area contributed by atoms with E-state index in [1.165, 1.54) is 31.3 Å². The Morgan fingerprint density at radius 2 is 1.69 bits per heavy atom. The minimum absolute atomic E-state index is 0.0861. The maximum Gasteiger partial charge on any atom is 0.300 e. The number of aliphatic hydroxyl groups excluding tert-OH is 1. The predicted molar refractivity (Wildman–Crippen MR) is 152 cm³/mol. The van der Waals surface area contributed by atoms with Gasteiger partial charge in [-0.2, -0.15) is 0 Å². The number of benzene rings is 3. The summed E-state index contributed by atoms with van der Waals surface area (Å²) in [5.41, 5.74) is 2.12. The average Bonchev–Trinajstić information content (AvgIpc) is 3.21. The number of anilines is 2. The molecule has 8 nitrogen and oxygen atoms in total. The van der Waals surface area contributed by atoms with Crippen molar-refractivity contribution < 1.29 is 28.9 Å². The third kappa shape index (κ3) is 5.38. The summed E-state index contributed by atoms with van der Waals surface area (Å²) in [4.78, 5) is 30.5. The molecule has 1 saturated heterocycles. The van der Waals surface area contributed by atoms with Crippen LogP contribution in [-0.2, 0) is 9.59 Å². The molecule has 1 heterocycles. The molecule has 1 atom stereocenters. The van der Waals surface area contributed by atoms with Gasteiger partial charge < -0.3 is 24.2 Å². The van der Waals surface area contributed by atoms with Gasteiger partial charge >= 0.3 is 0 Å². The molecule has 0 bridgehead atoms. The zero-order valence-corrected chi connectivity index (χ0v) is 23.3. The number of rotatable bonds is 9. The average molecular weight is 551 g/mol. The third-order valence-corrected chi connectivity index (χ3v) is 6.76. The first-order valence-corrected chi connectivity index (χ1v) is 12.8. The second-order valence-corrected chi connectivity index (χ2v) is 9.60. The molecular weight excluding hydrogens is 520 g/mol. The lowest BCUT2D eigenvalue weighted by Gasteiger charge is -2.26. The van der Waals surface area contributed by atoms with E-state index in [1.54, 1.807) is 24.3 Å². The summed E-state index contributed by atoms with van der Waals surface area (Å²) in [5, 5.41) is 11.8. The van der Waals surface area contributed by atoms with Crippen molar-refractivity contribution in [2.75, 3.05) is 44.7 Å². The van der Waals surface area contributed by atoms with Crippen LogP contribution in [0.4, 0.5) is 11.4 Å². The summed E-state index contributed by atoms with van der Waals surface area (Å²) < 4.78 is 16.5. The minimum atomic E-state index is -0.923. The maximum atomic E-state index is 13.6. The topological polar surface area (TPSA) is 88.5 Å². The maximum absolute atomic E-state index is 13.6. The van der Waals surface area contributed by atoms with Gasteiger partial charge in [0, 0.05) is 37.6 Å². The highest BCUT2D eigenvalue weighted by molar-refractivity contribution is 6.51. The highest BCUT2D eigenvalue weighted by Crippen LogP contribution is 2.45. The number of methoxy groups -OCH3 is 2. The Bertz CT molecular complexity index is 1420. The van der Waals surface area contributed by atoms with Crippen LogP contribution in [0.5, 0.6) is 17.2 Å². The van der Waals surface area contributed by atoms with E-state index >= 15 is 0 Å². The highest BCUT2D eigenvalue weighted by Gasteiger charge is 2.47. The van der Waals surface area contributed by atoms with Crippen molar-refractivity contribution in [1.82, 2.24) is 0 Å². The van der Waals surface area contributed by atoms with E-state index < -0.39 is 23.5 Å². The molecule has 1 unspecified atom stereocenters. The van der Waals surface area contributed by atoms with Crippen LogP contribution < -0.4 is 24.0 Å². The molecule has 0 aliphatic carbocycles. The van der Waals surface area contributed by atoms with E-state index in [2.05, 4.69) is 0 Å². The largest absolute Gasteiger partial charge is 0.507 e. The molecule has 204 valence electrons. The Labute approximate surface area is 233 Å². The van der Waals surface area contributed by atoms with E-state index in [-0.39, 0.29) is 21.9 Å². The second kappa shape index (κ2) is 11.7. The molecule has 1 amide bonds. The lowest BCUT2D eigenvalue weighted by molar-refractivity contribution is -0.132. The van der Waals surface area contributed by atoms with Gasteiger partial charge in [0.15, 0.2) is 0 Å². The molecule has 0 aromatic heterocycles. The molecule has 4 rings (SSSR count). The summed E-state index contributed by atoms with van der Waals surface area (Å²) in [5.74, 6) is -0.867. The molecule has 1 N–H and O–H groups in total. The van der Waals surface area contributed by atoms with Crippen molar-refractivity contribution in [2.24, 2.45) is 0 Å². The van der Waals surface area contributed by atoms with Crippen molar-refractivity contribution in [3.05, 3.63) is 82.4 Å². The van der Waals surface area contributed by atoms with E-state index in [4.69, 9.17) is 25.8 Å². The Balaban J connectivity index is 1.94. The molecule has 1 aliphatic rings.